The molecule has 1 aliphatic rings. The Morgan fingerprint density at radius 1 is 1.41 bits per heavy atom. The van der Waals surface area contributed by atoms with Crippen molar-refractivity contribution in [1.29, 1.82) is 0 Å². The summed E-state index contributed by atoms with van der Waals surface area (Å²) >= 11 is 6.19. The maximum absolute atomic E-state index is 12.7. The first-order chi connectivity index (χ1) is 12.7. The number of rotatable bonds is 9. The fraction of sp³-hybridized carbons (Fsp3) is 0.632. The molecule has 27 heavy (non-hydrogen) atoms. The average Bonchev–Trinajstić information content (AvgIpc) is 3.36. The molecule has 1 aliphatic carbocycles. The molecule has 0 saturated heterocycles. The third kappa shape index (κ3) is 7.72. The lowest BCUT2D eigenvalue weighted by Crippen LogP contribution is -2.34. The molecular formula is C19H28ClN3O4. The highest BCUT2D eigenvalue weighted by Crippen LogP contribution is 2.26. The second-order valence-corrected chi connectivity index (χ2v) is 8.18. The maximum Gasteiger partial charge on any atom is 0.404 e. The summed E-state index contributed by atoms with van der Waals surface area (Å²) in [6.07, 6.45) is 3.98. The van der Waals surface area contributed by atoms with Gasteiger partial charge in [0, 0.05) is 25.3 Å². The van der Waals surface area contributed by atoms with Crippen molar-refractivity contribution < 1.29 is 19.4 Å². The van der Waals surface area contributed by atoms with Gasteiger partial charge < -0.3 is 20.5 Å². The van der Waals surface area contributed by atoms with Crippen LogP contribution < -0.4 is 10.6 Å². The Balaban J connectivity index is 2.11. The number of amides is 1. The first-order valence-corrected chi connectivity index (χ1v) is 9.61. The summed E-state index contributed by atoms with van der Waals surface area (Å²) < 4.78 is 5.59. The standard InChI is InChI=1S/C19H28ClN3O4/c1-19(2,3)27-17(24)15(11-22-14-6-7-14)13-9-12(16(20)23-10-13)5-4-8-21-18(25)26/h9-10,14-15,21-22H,4-8,11H2,1-3H3,(H,25,26). The SMILES string of the molecule is CC(C)(C)OC(=O)C(CNC1CC1)c1cnc(Cl)c(CCCNC(=O)O)c1. The van der Waals surface area contributed by atoms with Crippen LogP contribution in [0.3, 0.4) is 0 Å². The molecular weight excluding hydrogens is 370 g/mol. The molecule has 1 saturated carbocycles. The van der Waals surface area contributed by atoms with Gasteiger partial charge in [-0.15, -0.1) is 0 Å². The smallest absolute Gasteiger partial charge is 0.404 e. The molecule has 0 bridgehead atoms. The highest BCUT2D eigenvalue weighted by atomic mass is 35.5. The van der Waals surface area contributed by atoms with E-state index < -0.39 is 17.6 Å². The second-order valence-electron chi connectivity index (χ2n) is 7.82. The van der Waals surface area contributed by atoms with E-state index in [0.717, 1.165) is 24.0 Å². The van der Waals surface area contributed by atoms with Crippen molar-refractivity contribution in [2.75, 3.05) is 13.1 Å². The summed E-state index contributed by atoms with van der Waals surface area (Å²) in [4.78, 5) is 27.5. The summed E-state index contributed by atoms with van der Waals surface area (Å²) in [6, 6.07) is 2.34. The molecule has 0 radical (unpaired) electrons. The van der Waals surface area contributed by atoms with E-state index in [2.05, 4.69) is 15.6 Å². The van der Waals surface area contributed by atoms with Crippen LogP contribution in [0.15, 0.2) is 12.3 Å². The predicted octanol–water partition coefficient (Wildman–Crippen LogP) is 3.11. The van der Waals surface area contributed by atoms with Gasteiger partial charge in [-0.25, -0.2) is 9.78 Å². The van der Waals surface area contributed by atoms with Crippen molar-refractivity contribution in [2.24, 2.45) is 0 Å². The number of nitrogens with zero attached hydrogens (tertiary/aromatic N) is 1. The van der Waals surface area contributed by atoms with Crippen LogP contribution in [0.25, 0.3) is 0 Å². The summed E-state index contributed by atoms with van der Waals surface area (Å²) in [6.45, 7) is 6.35. The quantitative estimate of drug-likeness (QED) is 0.336. The molecule has 8 heteroatoms. The zero-order chi connectivity index (χ0) is 20.0. The molecule has 1 atom stereocenters. The Kier molecular flexibility index (Phi) is 7.44. The van der Waals surface area contributed by atoms with Crippen LogP contribution in [-0.4, -0.2) is 46.9 Å². The van der Waals surface area contributed by atoms with Crippen molar-refractivity contribution in [2.45, 2.75) is 64.0 Å². The minimum atomic E-state index is -1.05. The summed E-state index contributed by atoms with van der Waals surface area (Å²) in [5.74, 6) is -0.760. The molecule has 1 aromatic heterocycles. The summed E-state index contributed by atoms with van der Waals surface area (Å²) in [5, 5.41) is 14.7. The van der Waals surface area contributed by atoms with Crippen LogP contribution in [0, 0.1) is 0 Å². The van der Waals surface area contributed by atoms with E-state index in [1.165, 1.54) is 0 Å². The molecule has 1 aromatic rings. The molecule has 0 aromatic carbocycles. The van der Waals surface area contributed by atoms with Crippen molar-refractivity contribution in [1.82, 2.24) is 15.6 Å². The molecule has 0 spiro atoms. The first kappa shape index (κ1) is 21.4. The number of nitrogens with one attached hydrogen (secondary N) is 2. The van der Waals surface area contributed by atoms with Crippen LogP contribution in [0.5, 0.6) is 0 Å². The van der Waals surface area contributed by atoms with Gasteiger partial charge in [-0.1, -0.05) is 17.7 Å². The minimum absolute atomic E-state index is 0.293. The third-order valence-electron chi connectivity index (χ3n) is 4.11. The number of carbonyl (C=O) groups excluding carboxylic acids is 1. The van der Waals surface area contributed by atoms with E-state index in [4.69, 9.17) is 21.4 Å². The largest absolute Gasteiger partial charge is 0.465 e. The van der Waals surface area contributed by atoms with E-state index in [1.54, 1.807) is 6.20 Å². The van der Waals surface area contributed by atoms with Crippen molar-refractivity contribution in [3.8, 4) is 0 Å². The van der Waals surface area contributed by atoms with Crippen LogP contribution in [0.2, 0.25) is 5.15 Å². The molecule has 2 rings (SSSR count). The Morgan fingerprint density at radius 3 is 2.70 bits per heavy atom. The number of hydrogen-bond donors (Lipinski definition) is 3. The number of halogens is 1. The van der Waals surface area contributed by atoms with Gasteiger partial charge in [0.25, 0.3) is 0 Å². The minimum Gasteiger partial charge on any atom is -0.465 e. The fourth-order valence-corrected chi connectivity index (χ4v) is 2.83. The predicted molar refractivity (Wildman–Crippen MR) is 103 cm³/mol. The van der Waals surface area contributed by atoms with E-state index >= 15 is 0 Å². The molecule has 1 amide bonds. The maximum atomic E-state index is 12.7. The number of aromatic nitrogens is 1. The molecule has 1 fully saturated rings. The van der Waals surface area contributed by atoms with E-state index in [1.807, 2.05) is 26.8 Å². The normalized spacial score (nSPS) is 15.3. The second kappa shape index (κ2) is 9.37. The number of esters is 1. The summed E-state index contributed by atoms with van der Waals surface area (Å²) in [5.41, 5.74) is 0.976. The highest BCUT2D eigenvalue weighted by Gasteiger charge is 2.30. The first-order valence-electron chi connectivity index (χ1n) is 9.23. The van der Waals surface area contributed by atoms with Crippen molar-refractivity contribution in [3.05, 3.63) is 28.5 Å². The number of ether oxygens (including phenoxy) is 1. The fourth-order valence-electron chi connectivity index (χ4n) is 2.63. The Bertz CT molecular complexity index is 671. The van der Waals surface area contributed by atoms with Crippen molar-refractivity contribution >= 4 is 23.7 Å². The van der Waals surface area contributed by atoms with Gasteiger partial charge in [0.2, 0.25) is 0 Å². The van der Waals surface area contributed by atoms with Crippen molar-refractivity contribution in [3.63, 3.8) is 0 Å². The number of hydrogen-bond acceptors (Lipinski definition) is 5. The molecule has 150 valence electrons. The molecule has 0 aliphatic heterocycles. The number of carboxylic acid groups (broad SMARTS) is 1. The Labute approximate surface area is 164 Å². The van der Waals surface area contributed by atoms with Crippen LogP contribution in [0.4, 0.5) is 4.79 Å². The monoisotopic (exact) mass is 397 g/mol. The van der Waals surface area contributed by atoms with Gasteiger partial charge in [0.15, 0.2) is 0 Å². The average molecular weight is 398 g/mol. The van der Waals surface area contributed by atoms with Crippen LogP contribution in [0.1, 0.15) is 57.1 Å². The van der Waals surface area contributed by atoms with E-state index in [9.17, 15) is 9.59 Å². The number of aryl methyl sites for hydroxylation is 1. The lowest BCUT2D eigenvalue weighted by molar-refractivity contribution is -0.156. The lowest BCUT2D eigenvalue weighted by Gasteiger charge is -2.24. The van der Waals surface area contributed by atoms with Gasteiger partial charge in [-0.05, 0) is 57.6 Å². The number of pyridine rings is 1. The van der Waals surface area contributed by atoms with Crippen LogP contribution in [-0.2, 0) is 16.0 Å². The zero-order valence-corrected chi connectivity index (χ0v) is 16.8. The number of carbonyl (C=O) groups is 2. The topological polar surface area (TPSA) is 101 Å². The van der Waals surface area contributed by atoms with Gasteiger partial charge in [-0.3, -0.25) is 4.79 Å². The Morgan fingerprint density at radius 2 is 2.11 bits per heavy atom. The lowest BCUT2D eigenvalue weighted by atomic mass is 9.97. The molecule has 7 nitrogen and oxygen atoms in total. The van der Waals surface area contributed by atoms with Gasteiger partial charge in [0.05, 0.1) is 5.92 Å². The van der Waals surface area contributed by atoms with Gasteiger partial charge >= 0.3 is 12.1 Å². The summed E-state index contributed by atoms with van der Waals surface area (Å²) in [7, 11) is 0. The van der Waals surface area contributed by atoms with Crippen LogP contribution >= 0.6 is 11.6 Å². The van der Waals surface area contributed by atoms with Gasteiger partial charge in [0.1, 0.15) is 10.8 Å². The van der Waals surface area contributed by atoms with Gasteiger partial charge in [-0.2, -0.15) is 0 Å². The third-order valence-corrected chi connectivity index (χ3v) is 4.45. The molecule has 1 heterocycles. The van der Waals surface area contributed by atoms with E-state index in [-0.39, 0.29) is 5.97 Å². The van der Waals surface area contributed by atoms with E-state index in [0.29, 0.717) is 37.1 Å². The Hall–Kier alpha value is -1.86. The molecule has 1 unspecified atom stereocenters. The zero-order valence-electron chi connectivity index (χ0n) is 16.0. The highest BCUT2D eigenvalue weighted by molar-refractivity contribution is 6.30. The molecule has 3 N–H and O–H groups in total.